The predicted octanol–water partition coefficient (Wildman–Crippen LogP) is -0.734. The van der Waals surface area contributed by atoms with Gasteiger partial charge in [-0.1, -0.05) is 0 Å². The van der Waals surface area contributed by atoms with E-state index in [1.165, 1.54) is 0 Å². The molecular formula is C3H2N4ORe3-2. The van der Waals surface area contributed by atoms with E-state index in [1.807, 2.05) is 0 Å². The standard InChI is InChI=1S/C3H2N4O.3Re/c8-7-3-5-1-4-2-6-3;;;/h8H,(H,4,5,6,7);;;/q-2;;;. The van der Waals surface area contributed by atoms with Gasteiger partial charge in [-0.25, -0.2) is 0 Å². The number of anilines is 1. The Labute approximate surface area is 105 Å². The predicted molar refractivity (Wildman–Crippen MR) is 22.9 cm³/mol. The quantitative estimate of drug-likeness (QED) is 0.305. The SMILES string of the molecule is ONc1n[c-]n[c-]n1.[Re].[Re].[Re]. The van der Waals surface area contributed by atoms with Crippen molar-refractivity contribution in [3.05, 3.63) is 12.7 Å². The molecule has 0 saturated carbocycles. The Kier molecular flexibility index (Phi) is 17.3. The molecule has 0 fully saturated rings. The van der Waals surface area contributed by atoms with Crippen LogP contribution in [0.15, 0.2) is 0 Å². The molecule has 0 bridgehead atoms. The van der Waals surface area contributed by atoms with Crippen molar-refractivity contribution in [2.75, 3.05) is 5.48 Å². The Balaban J connectivity index is -0.000000213. The van der Waals surface area contributed by atoms with Crippen molar-refractivity contribution in [1.29, 1.82) is 0 Å². The summed E-state index contributed by atoms with van der Waals surface area (Å²) in [4.78, 5) is 9.99. The molecule has 0 aliphatic carbocycles. The Morgan fingerprint density at radius 1 is 1.09 bits per heavy atom. The van der Waals surface area contributed by atoms with E-state index < -0.39 is 0 Å². The average molecular weight is 669 g/mol. The summed E-state index contributed by atoms with van der Waals surface area (Å²) in [5, 5.41) is 8.09. The molecule has 3 radical (unpaired) electrons. The third-order valence-corrected chi connectivity index (χ3v) is 0.512. The summed E-state index contributed by atoms with van der Waals surface area (Å²) in [6, 6.07) is 0. The number of nitrogens with zero attached hydrogens (tertiary/aromatic N) is 3. The molecule has 0 aromatic carbocycles. The van der Waals surface area contributed by atoms with Gasteiger partial charge >= 0.3 is 0 Å². The molecule has 0 unspecified atom stereocenters. The van der Waals surface area contributed by atoms with Crippen LogP contribution < -0.4 is 5.48 Å². The first-order chi connectivity index (χ1) is 3.93. The van der Waals surface area contributed by atoms with Crippen LogP contribution in [0.3, 0.4) is 0 Å². The summed E-state index contributed by atoms with van der Waals surface area (Å²) >= 11 is 0. The minimum atomic E-state index is 0. The maximum Gasteiger partial charge on any atom is 0.00552 e. The molecule has 0 saturated heterocycles. The summed E-state index contributed by atoms with van der Waals surface area (Å²) in [5.41, 5.74) is 1.70. The molecule has 2 N–H and O–H groups in total. The van der Waals surface area contributed by atoms with Crippen molar-refractivity contribution >= 4 is 5.95 Å². The van der Waals surface area contributed by atoms with Gasteiger partial charge in [0.15, 0.2) is 0 Å². The van der Waals surface area contributed by atoms with Crippen molar-refractivity contribution in [3.8, 4) is 0 Å². The smallest absolute Gasteiger partial charge is 0.00552 e. The molecule has 0 aliphatic heterocycles. The molecule has 1 rings (SSSR count). The minimum Gasteiger partial charge on any atom is -0.505 e. The van der Waals surface area contributed by atoms with Crippen molar-refractivity contribution in [2.24, 2.45) is 0 Å². The molecule has 63 valence electrons. The van der Waals surface area contributed by atoms with Gasteiger partial charge in [-0.05, 0) is 0 Å². The van der Waals surface area contributed by atoms with Gasteiger partial charge in [-0.2, -0.15) is 12.7 Å². The van der Waals surface area contributed by atoms with Gasteiger partial charge < -0.3 is 25.6 Å². The van der Waals surface area contributed by atoms with Crippen molar-refractivity contribution in [3.63, 3.8) is 0 Å². The molecule has 0 spiro atoms. The van der Waals surface area contributed by atoms with Gasteiger partial charge in [0.25, 0.3) is 0 Å². The van der Waals surface area contributed by atoms with Crippen molar-refractivity contribution in [2.45, 2.75) is 0 Å². The van der Waals surface area contributed by atoms with Gasteiger partial charge in [0, 0.05) is 67.2 Å². The average Bonchev–Trinajstić information content (AvgIpc) is 1.90. The van der Waals surface area contributed by atoms with Crippen LogP contribution in [0.2, 0.25) is 0 Å². The van der Waals surface area contributed by atoms with E-state index in [0.29, 0.717) is 0 Å². The van der Waals surface area contributed by atoms with Crippen molar-refractivity contribution in [1.82, 2.24) is 15.0 Å². The molecular weight excluding hydrogens is 667 g/mol. The maximum atomic E-state index is 8.09. The van der Waals surface area contributed by atoms with Crippen LogP contribution >= 0.6 is 0 Å². The topological polar surface area (TPSA) is 70.9 Å². The first-order valence-electron chi connectivity index (χ1n) is 1.82. The van der Waals surface area contributed by atoms with E-state index in [0.717, 1.165) is 0 Å². The molecule has 11 heavy (non-hydrogen) atoms. The fourth-order valence-corrected chi connectivity index (χ4v) is 0.242. The fourth-order valence-electron chi connectivity index (χ4n) is 0.242. The van der Waals surface area contributed by atoms with Crippen LogP contribution in [0.4, 0.5) is 5.95 Å². The fraction of sp³-hybridized carbons (Fsp3) is 0. The number of aromatic nitrogens is 3. The summed E-state index contributed by atoms with van der Waals surface area (Å²) in [6.45, 7) is 0. The van der Waals surface area contributed by atoms with Gasteiger partial charge in [-0.3, -0.25) is 0 Å². The Hall–Kier alpha value is 0.757. The van der Waals surface area contributed by atoms with Gasteiger partial charge in [0.05, 0.1) is 0 Å². The molecule has 0 atom stereocenters. The van der Waals surface area contributed by atoms with E-state index in [-0.39, 0.29) is 67.2 Å². The van der Waals surface area contributed by atoms with Crippen LogP contribution in [0.1, 0.15) is 0 Å². The van der Waals surface area contributed by atoms with Crippen molar-refractivity contribution < 1.29 is 66.5 Å². The van der Waals surface area contributed by atoms with Gasteiger partial charge in [-0.15, -0.1) is 0 Å². The molecule has 1 aromatic rings. The zero-order chi connectivity index (χ0) is 5.82. The summed E-state index contributed by atoms with van der Waals surface area (Å²) in [6.07, 6.45) is 4.34. The number of hydrogen-bond donors (Lipinski definition) is 2. The van der Waals surface area contributed by atoms with Crippen LogP contribution in [0.25, 0.3) is 0 Å². The third kappa shape index (κ3) is 7.13. The molecule has 0 aliphatic rings. The first kappa shape index (κ1) is 17.7. The Bertz CT molecular complexity index is 162. The minimum absolute atomic E-state index is 0. The molecule has 1 aromatic heterocycles. The molecule has 8 heteroatoms. The second-order valence-electron chi connectivity index (χ2n) is 0.971. The van der Waals surface area contributed by atoms with Crippen LogP contribution in [0.5, 0.6) is 0 Å². The second-order valence-corrected chi connectivity index (χ2v) is 0.971. The van der Waals surface area contributed by atoms with Crippen LogP contribution in [-0.4, -0.2) is 20.2 Å². The second kappa shape index (κ2) is 10.8. The Morgan fingerprint density at radius 2 is 1.55 bits per heavy atom. The van der Waals surface area contributed by atoms with E-state index in [2.05, 4.69) is 27.6 Å². The number of hydrogen-bond acceptors (Lipinski definition) is 5. The zero-order valence-corrected chi connectivity index (χ0v) is 13.1. The van der Waals surface area contributed by atoms with E-state index in [1.54, 1.807) is 5.48 Å². The van der Waals surface area contributed by atoms with Crippen LogP contribution in [0, 0.1) is 12.7 Å². The monoisotopic (exact) mass is 671 g/mol. The number of nitrogens with one attached hydrogen (secondary N) is 1. The van der Waals surface area contributed by atoms with E-state index in [4.69, 9.17) is 5.21 Å². The largest absolute Gasteiger partial charge is 0.505 e. The summed E-state index contributed by atoms with van der Waals surface area (Å²) in [5.74, 6) is 0.0417. The van der Waals surface area contributed by atoms with E-state index in [9.17, 15) is 0 Å². The molecule has 5 nitrogen and oxygen atoms in total. The Morgan fingerprint density at radius 3 is 1.82 bits per heavy atom. The molecule has 1 heterocycles. The van der Waals surface area contributed by atoms with E-state index >= 15 is 0 Å². The third-order valence-electron chi connectivity index (χ3n) is 0.512. The summed E-state index contributed by atoms with van der Waals surface area (Å²) < 4.78 is 0. The summed E-state index contributed by atoms with van der Waals surface area (Å²) in [7, 11) is 0. The molecule has 0 amide bonds. The number of rotatable bonds is 1. The maximum absolute atomic E-state index is 8.09. The van der Waals surface area contributed by atoms with Gasteiger partial charge in [0.1, 0.15) is 0 Å². The normalized spacial score (nSPS) is 6.27. The first-order valence-corrected chi connectivity index (χ1v) is 1.82. The zero-order valence-electron chi connectivity index (χ0n) is 4.92. The van der Waals surface area contributed by atoms with Crippen LogP contribution in [-0.2, 0) is 61.3 Å². The van der Waals surface area contributed by atoms with Gasteiger partial charge in [0.2, 0.25) is 0 Å².